The van der Waals surface area contributed by atoms with Crippen molar-refractivity contribution in [2.45, 2.75) is 119 Å². The van der Waals surface area contributed by atoms with Gasteiger partial charge in [-0.05, 0) is 83.1 Å². The largest absolute Gasteiger partial charge is 0.355 e. The molecule has 0 spiro atoms. The molecule has 0 saturated carbocycles. The van der Waals surface area contributed by atoms with Crippen LogP contribution in [0.15, 0.2) is 15.0 Å². The first-order valence-corrected chi connectivity index (χ1v) is 14.2. The van der Waals surface area contributed by atoms with Crippen molar-refractivity contribution in [3.8, 4) is 0 Å². The molecule has 10 nitrogen and oxygen atoms in total. The van der Waals surface area contributed by atoms with E-state index in [0.29, 0.717) is 30.7 Å². The van der Waals surface area contributed by atoms with Crippen LogP contribution in [0.2, 0.25) is 0 Å². The van der Waals surface area contributed by atoms with Gasteiger partial charge in [0.05, 0.1) is 6.54 Å². The molecule has 218 valence electrons. The first-order chi connectivity index (χ1) is 17.3. The first-order valence-electron chi connectivity index (χ1n) is 14.2. The van der Waals surface area contributed by atoms with E-state index < -0.39 is 0 Å². The van der Waals surface area contributed by atoms with Crippen molar-refractivity contribution in [3.63, 3.8) is 0 Å². The Bertz CT molecular complexity index is 616. The van der Waals surface area contributed by atoms with Crippen molar-refractivity contribution in [1.82, 2.24) is 36.8 Å². The number of rotatable bonds is 15. The van der Waals surface area contributed by atoms with Gasteiger partial charge in [-0.15, -0.1) is 0 Å². The standard InChI is InChI=1S/C27H60N10/c1-19(2)31-25(32-20(3)4)28-13-16-37(17-14-29-26(33-21(5)6)34-22(7)8)18-15-30-27(35-23(9)10)36-24(11)12/h19-24H,13-18H2,1-12H3,(H2,28,31,32)(H2,29,33,34)(H2,30,35,36). The second-order valence-corrected chi connectivity index (χ2v) is 11.3. The molecule has 0 aromatic heterocycles. The number of nitrogens with zero attached hydrogens (tertiary/aromatic N) is 4. The summed E-state index contributed by atoms with van der Waals surface area (Å²) in [5.41, 5.74) is 0. The van der Waals surface area contributed by atoms with Crippen LogP contribution < -0.4 is 31.9 Å². The topological polar surface area (TPSA) is 112 Å². The highest BCUT2D eigenvalue weighted by molar-refractivity contribution is 5.81. The van der Waals surface area contributed by atoms with Gasteiger partial charge in [-0.2, -0.15) is 0 Å². The van der Waals surface area contributed by atoms with Gasteiger partial charge in [0.15, 0.2) is 17.9 Å². The van der Waals surface area contributed by atoms with E-state index in [0.717, 1.165) is 50.6 Å². The Morgan fingerprint density at radius 2 is 0.865 bits per heavy atom. The summed E-state index contributed by atoms with van der Waals surface area (Å²) in [5.74, 6) is 2.58. The summed E-state index contributed by atoms with van der Waals surface area (Å²) in [5, 5.41) is 20.7. The third-order valence-corrected chi connectivity index (χ3v) is 4.60. The zero-order valence-corrected chi connectivity index (χ0v) is 26.0. The van der Waals surface area contributed by atoms with Gasteiger partial charge in [0.25, 0.3) is 0 Å². The molecule has 0 aliphatic heterocycles. The molecular weight excluding hydrogens is 464 g/mol. The Hall–Kier alpha value is -2.23. The molecule has 0 rings (SSSR count). The third-order valence-electron chi connectivity index (χ3n) is 4.60. The maximum atomic E-state index is 4.83. The Balaban J connectivity index is 5.27. The minimum atomic E-state index is 0.232. The van der Waals surface area contributed by atoms with Gasteiger partial charge in [-0.25, -0.2) is 0 Å². The molecule has 0 fully saturated rings. The highest BCUT2D eigenvalue weighted by atomic mass is 15.2. The van der Waals surface area contributed by atoms with Crippen LogP contribution in [0, 0.1) is 0 Å². The summed E-state index contributed by atoms with van der Waals surface area (Å²) in [7, 11) is 0. The van der Waals surface area contributed by atoms with Gasteiger partial charge in [0, 0.05) is 69.0 Å². The predicted molar refractivity (Wildman–Crippen MR) is 163 cm³/mol. The fourth-order valence-electron chi connectivity index (χ4n) is 3.31. The molecule has 0 amide bonds. The van der Waals surface area contributed by atoms with E-state index in [-0.39, 0.29) is 12.1 Å². The summed E-state index contributed by atoms with van der Waals surface area (Å²) in [6, 6.07) is 1.77. The lowest BCUT2D eigenvalue weighted by Crippen LogP contribution is -2.47. The average molecular weight is 525 g/mol. The minimum absolute atomic E-state index is 0.232. The zero-order chi connectivity index (χ0) is 28.4. The van der Waals surface area contributed by atoms with Crippen LogP contribution in [0.5, 0.6) is 0 Å². The van der Waals surface area contributed by atoms with E-state index in [1.807, 2.05) is 0 Å². The van der Waals surface area contributed by atoms with E-state index in [2.05, 4.69) is 120 Å². The number of guanidine groups is 3. The third kappa shape index (κ3) is 21.6. The lowest BCUT2D eigenvalue weighted by molar-refractivity contribution is 0.289. The number of hydrogen-bond donors (Lipinski definition) is 6. The summed E-state index contributed by atoms with van der Waals surface area (Å²) in [6.07, 6.45) is 0. The van der Waals surface area contributed by atoms with Crippen molar-refractivity contribution >= 4 is 17.9 Å². The molecule has 0 radical (unpaired) electrons. The molecule has 0 unspecified atom stereocenters. The van der Waals surface area contributed by atoms with Crippen LogP contribution in [0.4, 0.5) is 0 Å². The van der Waals surface area contributed by atoms with E-state index in [4.69, 9.17) is 15.0 Å². The Kier molecular flexibility index (Phi) is 18.6. The fraction of sp³-hybridized carbons (Fsp3) is 0.889. The number of aliphatic imine (C=N–C) groups is 3. The van der Waals surface area contributed by atoms with Crippen LogP contribution >= 0.6 is 0 Å². The van der Waals surface area contributed by atoms with Crippen LogP contribution in [0.1, 0.15) is 83.1 Å². The minimum Gasteiger partial charge on any atom is -0.355 e. The van der Waals surface area contributed by atoms with Gasteiger partial charge in [-0.1, -0.05) is 0 Å². The SMILES string of the molecule is CC(C)N=C(NCCN(CCN=C(NC(C)C)NC(C)C)CCNC(=NC(C)C)NC(C)C)NC(C)C. The molecule has 0 heterocycles. The van der Waals surface area contributed by atoms with Gasteiger partial charge in [-0.3, -0.25) is 19.9 Å². The highest BCUT2D eigenvalue weighted by Gasteiger charge is 2.10. The van der Waals surface area contributed by atoms with Crippen LogP contribution in [-0.2, 0) is 0 Å². The number of nitrogens with one attached hydrogen (secondary N) is 6. The summed E-state index contributed by atoms with van der Waals surface area (Å²) in [4.78, 5) is 16.6. The molecule has 0 saturated heterocycles. The van der Waals surface area contributed by atoms with Crippen molar-refractivity contribution in [2.24, 2.45) is 15.0 Å². The molecule has 0 bridgehead atoms. The Labute approximate surface area is 228 Å². The van der Waals surface area contributed by atoms with Crippen molar-refractivity contribution < 1.29 is 0 Å². The summed E-state index contributed by atoms with van der Waals surface area (Å²) >= 11 is 0. The Morgan fingerprint density at radius 1 is 0.514 bits per heavy atom. The predicted octanol–water partition coefficient (Wildman–Crippen LogP) is 2.34. The molecular formula is C27H60N10. The zero-order valence-electron chi connectivity index (χ0n) is 26.0. The van der Waals surface area contributed by atoms with Crippen molar-refractivity contribution in [1.29, 1.82) is 0 Å². The number of hydrogen-bond acceptors (Lipinski definition) is 4. The smallest absolute Gasteiger partial charge is 0.191 e. The van der Waals surface area contributed by atoms with E-state index >= 15 is 0 Å². The average Bonchev–Trinajstić information content (AvgIpc) is 2.70. The van der Waals surface area contributed by atoms with Gasteiger partial charge in [0.2, 0.25) is 0 Å². The molecule has 0 aliphatic rings. The summed E-state index contributed by atoms with van der Waals surface area (Å²) < 4.78 is 0. The Morgan fingerprint density at radius 3 is 1.19 bits per heavy atom. The van der Waals surface area contributed by atoms with Crippen LogP contribution in [-0.4, -0.2) is 98.3 Å². The molecule has 10 heteroatoms. The molecule has 0 atom stereocenters. The van der Waals surface area contributed by atoms with Gasteiger partial charge in [0.1, 0.15) is 0 Å². The van der Waals surface area contributed by atoms with E-state index in [1.54, 1.807) is 0 Å². The normalized spacial score (nSPS) is 12.8. The molecule has 37 heavy (non-hydrogen) atoms. The lowest BCUT2D eigenvalue weighted by atomic mass is 10.3. The lowest BCUT2D eigenvalue weighted by Gasteiger charge is -2.25. The van der Waals surface area contributed by atoms with Crippen molar-refractivity contribution in [3.05, 3.63) is 0 Å². The monoisotopic (exact) mass is 525 g/mol. The van der Waals surface area contributed by atoms with Crippen LogP contribution in [0.3, 0.4) is 0 Å². The highest BCUT2D eigenvalue weighted by Crippen LogP contribution is 1.93. The van der Waals surface area contributed by atoms with Gasteiger partial charge < -0.3 is 31.9 Å². The second kappa shape index (κ2) is 19.8. The first kappa shape index (κ1) is 34.8. The molecule has 0 aromatic carbocycles. The van der Waals surface area contributed by atoms with Gasteiger partial charge >= 0.3 is 0 Å². The maximum absolute atomic E-state index is 4.83. The summed E-state index contributed by atoms with van der Waals surface area (Å²) in [6.45, 7) is 30.3. The maximum Gasteiger partial charge on any atom is 0.191 e. The quantitative estimate of drug-likeness (QED) is 0.144. The molecule has 6 N–H and O–H groups in total. The van der Waals surface area contributed by atoms with E-state index in [9.17, 15) is 0 Å². The second-order valence-electron chi connectivity index (χ2n) is 11.3. The molecule has 0 aliphatic carbocycles. The van der Waals surface area contributed by atoms with E-state index in [1.165, 1.54) is 0 Å². The van der Waals surface area contributed by atoms with Crippen LogP contribution in [0.25, 0.3) is 0 Å². The molecule has 0 aromatic rings. The van der Waals surface area contributed by atoms with Crippen molar-refractivity contribution in [2.75, 3.05) is 39.3 Å². The fourth-order valence-corrected chi connectivity index (χ4v) is 3.31.